The Kier molecular flexibility index (Phi) is 3.90. The minimum absolute atomic E-state index is 0.213. The molecule has 1 heterocycles. The first-order chi connectivity index (χ1) is 8.99. The molecule has 0 N–H and O–H groups in total. The Hall–Kier alpha value is -1.82. The number of thiophene rings is 1. The molecule has 0 bridgehead atoms. The van der Waals surface area contributed by atoms with Crippen molar-refractivity contribution in [1.29, 1.82) is 0 Å². The molecule has 0 radical (unpaired) electrons. The van der Waals surface area contributed by atoms with Crippen LogP contribution in [-0.2, 0) is 6.54 Å². The van der Waals surface area contributed by atoms with Crippen LogP contribution in [0.15, 0.2) is 29.6 Å². The summed E-state index contributed by atoms with van der Waals surface area (Å²) in [6, 6.07) is 5.09. The number of hydrogen-bond acceptors (Lipinski definition) is 2. The number of nitrogens with zero attached hydrogens (tertiary/aromatic N) is 1. The van der Waals surface area contributed by atoms with Crippen LogP contribution < -0.4 is 0 Å². The predicted octanol–water partition coefficient (Wildman–Crippen LogP) is 3.44. The van der Waals surface area contributed by atoms with Crippen molar-refractivity contribution in [2.75, 3.05) is 7.05 Å². The van der Waals surface area contributed by atoms with Gasteiger partial charge in [0, 0.05) is 17.5 Å². The van der Waals surface area contributed by atoms with Crippen molar-refractivity contribution in [3.63, 3.8) is 0 Å². The minimum atomic E-state index is -1.57. The quantitative estimate of drug-likeness (QED) is 0.791. The molecule has 100 valence electrons. The molecule has 0 saturated heterocycles. The Morgan fingerprint density at radius 3 is 2.42 bits per heavy atom. The Morgan fingerprint density at radius 2 is 1.89 bits per heavy atom. The van der Waals surface area contributed by atoms with E-state index >= 15 is 0 Å². The van der Waals surface area contributed by atoms with E-state index < -0.39 is 23.4 Å². The summed E-state index contributed by atoms with van der Waals surface area (Å²) in [4.78, 5) is 14.2. The van der Waals surface area contributed by atoms with Crippen molar-refractivity contribution in [2.24, 2.45) is 0 Å². The van der Waals surface area contributed by atoms with Crippen LogP contribution in [0.25, 0.3) is 0 Å². The van der Waals surface area contributed by atoms with Gasteiger partial charge < -0.3 is 4.90 Å². The van der Waals surface area contributed by atoms with Crippen molar-refractivity contribution in [1.82, 2.24) is 4.90 Å². The molecule has 6 heteroatoms. The predicted molar refractivity (Wildman–Crippen MR) is 66.4 cm³/mol. The number of hydrogen-bond donors (Lipinski definition) is 0. The van der Waals surface area contributed by atoms with Crippen molar-refractivity contribution in [3.05, 3.63) is 57.5 Å². The molecule has 2 aromatic rings. The van der Waals surface area contributed by atoms with E-state index in [1.165, 1.54) is 23.3 Å². The molecular weight excluding hydrogens is 275 g/mol. The lowest BCUT2D eigenvalue weighted by Gasteiger charge is -2.16. The van der Waals surface area contributed by atoms with E-state index in [4.69, 9.17) is 0 Å². The molecule has 1 aromatic carbocycles. The third kappa shape index (κ3) is 2.96. The van der Waals surface area contributed by atoms with Crippen molar-refractivity contribution < 1.29 is 18.0 Å². The third-order valence-electron chi connectivity index (χ3n) is 2.55. The van der Waals surface area contributed by atoms with Gasteiger partial charge in [-0.15, -0.1) is 11.3 Å². The number of carbonyl (C=O) groups excluding carboxylic acids is 1. The van der Waals surface area contributed by atoms with Gasteiger partial charge in [0.05, 0.1) is 6.54 Å². The van der Waals surface area contributed by atoms with Gasteiger partial charge in [0.25, 0.3) is 5.91 Å². The highest BCUT2D eigenvalue weighted by Crippen LogP contribution is 2.17. The number of halogens is 3. The van der Waals surface area contributed by atoms with Crippen LogP contribution in [-0.4, -0.2) is 17.9 Å². The molecular formula is C13H10F3NOS. The van der Waals surface area contributed by atoms with Crippen LogP contribution in [0.4, 0.5) is 13.2 Å². The lowest BCUT2D eigenvalue weighted by molar-refractivity contribution is 0.0785. The molecule has 1 amide bonds. The van der Waals surface area contributed by atoms with E-state index in [0.29, 0.717) is 18.7 Å². The monoisotopic (exact) mass is 285 g/mol. The lowest BCUT2D eigenvalue weighted by Crippen LogP contribution is -2.26. The summed E-state index contributed by atoms with van der Waals surface area (Å²) in [5, 5.41) is 1.87. The van der Waals surface area contributed by atoms with Gasteiger partial charge in [0.2, 0.25) is 0 Å². The molecule has 0 fully saturated rings. The highest BCUT2D eigenvalue weighted by molar-refractivity contribution is 7.09. The summed E-state index contributed by atoms with van der Waals surface area (Å²) in [5.41, 5.74) is -0.213. The van der Waals surface area contributed by atoms with Crippen LogP contribution in [0.2, 0.25) is 0 Å². The van der Waals surface area contributed by atoms with E-state index in [9.17, 15) is 18.0 Å². The number of carbonyl (C=O) groups is 1. The third-order valence-corrected chi connectivity index (χ3v) is 3.41. The Bertz CT molecular complexity index is 575. The standard InChI is InChI=1S/C13H10F3NOS/c1-17(7-9-3-2-4-19-9)13(18)8-5-10(14)12(16)11(15)6-8/h2-6H,7H2,1H3. The highest BCUT2D eigenvalue weighted by atomic mass is 32.1. The van der Waals surface area contributed by atoms with Crippen molar-refractivity contribution in [2.45, 2.75) is 6.54 Å². The van der Waals surface area contributed by atoms with Crippen molar-refractivity contribution in [3.8, 4) is 0 Å². The average Bonchev–Trinajstić information content (AvgIpc) is 2.87. The molecule has 0 aliphatic heterocycles. The molecule has 2 rings (SSSR count). The zero-order chi connectivity index (χ0) is 14.0. The topological polar surface area (TPSA) is 20.3 Å². The van der Waals surface area contributed by atoms with Crippen LogP contribution in [0, 0.1) is 17.5 Å². The van der Waals surface area contributed by atoms with Gasteiger partial charge in [0.15, 0.2) is 17.5 Å². The SMILES string of the molecule is CN(Cc1cccs1)C(=O)c1cc(F)c(F)c(F)c1. The maximum absolute atomic E-state index is 13.1. The Balaban J connectivity index is 2.19. The molecule has 0 unspecified atom stereocenters. The average molecular weight is 285 g/mol. The molecule has 0 aliphatic carbocycles. The Labute approximate surface area is 112 Å². The fourth-order valence-electron chi connectivity index (χ4n) is 1.61. The summed E-state index contributed by atoms with van der Waals surface area (Å²) in [6.07, 6.45) is 0. The largest absolute Gasteiger partial charge is 0.337 e. The smallest absolute Gasteiger partial charge is 0.254 e. The summed E-state index contributed by atoms with van der Waals surface area (Å²) >= 11 is 1.47. The first-order valence-electron chi connectivity index (χ1n) is 5.41. The summed E-state index contributed by atoms with van der Waals surface area (Å²) in [5.74, 6) is -4.87. The summed E-state index contributed by atoms with van der Waals surface area (Å²) in [6.45, 7) is 0.330. The fourth-order valence-corrected chi connectivity index (χ4v) is 2.36. The fraction of sp³-hybridized carbons (Fsp3) is 0.154. The van der Waals surface area contributed by atoms with E-state index in [1.54, 1.807) is 0 Å². The van der Waals surface area contributed by atoms with Crippen LogP contribution in [0.1, 0.15) is 15.2 Å². The lowest BCUT2D eigenvalue weighted by atomic mass is 10.2. The number of benzene rings is 1. The first kappa shape index (κ1) is 13.6. The van der Waals surface area contributed by atoms with Gasteiger partial charge in [-0.05, 0) is 23.6 Å². The van der Waals surface area contributed by atoms with E-state index in [2.05, 4.69) is 0 Å². The molecule has 0 saturated carbocycles. The molecule has 0 aliphatic rings. The molecule has 0 spiro atoms. The molecule has 2 nitrogen and oxygen atoms in total. The number of rotatable bonds is 3. The van der Waals surface area contributed by atoms with Gasteiger partial charge in [-0.2, -0.15) is 0 Å². The molecule has 0 atom stereocenters. The van der Waals surface area contributed by atoms with Gasteiger partial charge >= 0.3 is 0 Å². The van der Waals surface area contributed by atoms with Gasteiger partial charge in [-0.25, -0.2) is 13.2 Å². The maximum atomic E-state index is 13.1. The second-order valence-corrected chi connectivity index (χ2v) is 5.03. The number of amides is 1. The van der Waals surface area contributed by atoms with Crippen LogP contribution >= 0.6 is 11.3 Å². The second-order valence-electron chi connectivity index (χ2n) is 3.99. The zero-order valence-electron chi connectivity index (χ0n) is 9.99. The normalized spacial score (nSPS) is 10.5. The zero-order valence-corrected chi connectivity index (χ0v) is 10.8. The van der Waals surface area contributed by atoms with E-state index in [-0.39, 0.29) is 5.56 Å². The van der Waals surface area contributed by atoms with Gasteiger partial charge in [-0.1, -0.05) is 6.07 Å². The van der Waals surface area contributed by atoms with Crippen LogP contribution in [0.5, 0.6) is 0 Å². The first-order valence-corrected chi connectivity index (χ1v) is 6.29. The maximum Gasteiger partial charge on any atom is 0.254 e. The van der Waals surface area contributed by atoms with Crippen LogP contribution in [0.3, 0.4) is 0 Å². The van der Waals surface area contributed by atoms with E-state index in [0.717, 1.165) is 4.88 Å². The highest BCUT2D eigenvalue weighted by Gasteiger charge is 2.18. The van der Waals surface area contributed by atoms with E-state index in [1.807, 2.05) is 17.5 Å². The van der Waals surface area contributed by atoms with Gasteiger partial charge in [0.1, 0.15) is 0 Å². The molecule has 1 aromatic heterocycles. The molecule has 19 heavy (non-hydrogen) atoms. The summed E-state index contributed by atoms with van der Waals surface area (Å²) < 4.78 is 38.9. The minimum Gasteiger partial charge on any atom is -0.337 e. The second kappa shape index (κ2) is 5.44. The van der Waals surface area contributed by atoms with Crippen molar-refractivity contribution >= 4 is 17.2 Å². The Morgan fingerprint density at radius 1 is 1.26 bits per heavy atom. The summed E-state index contributed by atoms with van der Waals surface area (Å²) in [7, 11) is 1.52. The van der Waals surface area contributed by atoms with Gasteiger partial charge in [-0.3, -0.25) is 4.79 Å².